The summed E-state index contributed by atoms with van der Waals surface area (Å²) in [5, 5.41) is 0.551. The van der Waals surface area contributed by atoms with Crippen LogP contribution >= 0.6 is 57.9 Å². The summed E-state index contributed by atoms with van der Waals surface area (Å²) in [6.45, 7) is 5.01. The van der Waals surface area contributed by atoms with Gasteiger partial charge >= 0.3 is 0 Å². The molecule has 4 aliphatic carbocycles. The Labute approximate surface area is 217 Å². The largest absolute Gasteiger partial charge is 0.288 e. The molecule has 1 aromatic rings. The second-order valence-corrected chi connectivity index (χ2v) is 15.4. The third kappa shape index (κ3) is 5.15. The van der Waals surface area contributed by atoms with E-state index in [-0.39, 0.29) is 37.0 Å². The molecule has 0 amide bonds. The van der Waals surface area contributed by atoms with E-state index in [9.17, 15) is 14.4 Å². The van der Waals surface area contributed by atoms with E-state index in [0.29, 0.717) is 0 Å². The fourth-order valence-corrected chi connectivity index (χ4v) is 10.4. The van der Waals surface area contributed by atoms with Crippen LogP contribution in [-0.4, -0.2) is 32.6 Å². The molecule has 1 aromatic carbocycles. The molecule has 0 radical (unpaired) electrons. The molecule has 3 nitrogen and oxygen atoms in total. The van der Waals surface area contributed by atoms with Crippen molar-refractivity contribution in [2.24, 2.45) is 16.2 Å². The summed E-state index contributed by atoms with van der Waals surface area (Å²) in [5.41, 5.74) is 1.73. The zero-order valence-electron chi connectivity index (χ0n) is 19.0. The van der Waals surface area contributed by atoms with Crippen LogP contribution in [0.4, 0.5) is 0 Å². The van der Waals surface area contributed by atoms with Gasteiger partial charge in [-0.3, -0.25) is 14.4 Å². The third-order valence-corrected chi connectivity index (χ3v) is 11.8. The summed E-state index contributed by atoms with van der Waals surface area (Å²) in [4.78, 5) is 35.9. The Morgan fingerprint density at radius 3 is 1.34 bits per heavy atom. The van der Waals surface area contributed by atoms with Gasteiger partial charge in [0.25, 0.3) is 0 Å². The van der Waals surface area contributed by atoms with E-state index in [2.05, 4.69) is 46.9 Å². The number of thioether (sulfide) groups is 3. The SMILES string of the molecule is CC(=O)SCC12CC3(CSC(C)=O)CC(CSC(C)=O)(C1)CC(c1ccc(I)cc1)(C2)C3. The molecule has 4 aliphatic rings. The molecular weight excluding hydrogens is 571 g/mol. The zero-order valence-corrected chi connectivity index (χ0v) is 23.6. The first-order valence-corrected chi connectivity index (χ1v) is 15.2. The first kappa shape index (κ1) is 25.1. The van der Waals surface area contributed by atoms with Crippen molar-refractivity contribution in [3.63, 3.8) is 0 Å². The minimum Gasteiger partial charge on any atom is -0.288 e. The monoisotopic (exact) mass is 602 g/mol. The van der Waals surface area contributed by atoms with Crippen LogP contribution in [-0.2, 0) is 19.8 Å². The lowest BCUT2D eigenvalue weighted by Crippen LogP contribution is -2.64. The molecule has 32 heavy (non-hydrogen) atoms. The molecule has 174 valence electrons. The van der Waals surface area contributed by atoms with Gasteiger partial charge in [0.1, 0.15) is 0 Å². The van der Waals surface area contributed by atoms with E-state index in [0.717, 1.165) is 55.8 Å². The van der Waals surface area contributed by atoms with Crippen molar-refractivity contribution in [2.45, 2.75) is 64.7 Å². The molecule has 0 saturated heterocycles. The maximum Gasteiger partial charge on any atom is 0.185 e. The Hall–Kier alpha value is 0.01000. The summed E-state index contributed by atoms with van der Waals surface area (Å²) >= 11 is 6.79. The highest BCUT2D eigenvalue weighted by atomic mass is 127. The zero-order chi connectivity index (χ0) is 23.2. The van der Waals surface area contributed by atoms with E-state index in [1.54, 1.807) is 20.8 Å². The second-order valence-electron chi connectivity index (χ2n) is 10.7. The van der Waals surface area contributed by atoms with E-state index >= 15 is 0 Å². The Balaban J connectivity index is 1.80. The van der Waals surface area contributed by atoms with Crippen molar-refractivity contribution >= 4 is 73.2 Å². The van der Waals surface area contributed by atoms with E-state index in [1.165, 1.54) is 44.4 Å². The van der Waals surface area contributed by atoms with Crippen LogP contribution in [0.1, 0.15) is 64.9 Å². The predicted molar refractivity (Wildman–Crippen MR) is 145 cm³/mol. The van der Waals surface area contributed by atoms with Crippen molar-refractivity contribution in [1.29, 1.82) is 0 Å². The van der Waals surface area contributed by atoms with Crippen LogP contribution in [0.15, 0.2) is 24.3 Å². The summed E-state index contributed by atoms with van der Waals surface area (Å²) in [5.74, 6) is 2.56. The minimum absolute atomic E-state index is 0.0607. The van der Waals surface area contributed by atoms with Crippen LogP contribution in [0.3, 0.4) is 0 Å². The van der Waals surface area contributed by atoms with Gasteiger partial charge in [0.05, 0.1) is 0 Å². The lowest BCUT2D eigenvalue weighted by molar-refractivity contribution is -0.146. The van der Waals surface area contributed by atoms with Gasteiger partial charge in [-0.2, -0.15) is 0 Å². The smallest absolute Gasteiger partial charge is 0.185 e. The standard InChI is InChI=1S/C25H31IO3S3/c1-17(27)30-14-22-8-23(15-31-18(2)28)10-24(9-22,16-32-19(3)29)13-25(11-22,12-23)20-4-6-21(26)7-5-20/h4-7H,8-16H2,1-3H3. The lowest BCUT2D eigenvalue weighted by atomic mass is 9.35. The summed E-state index contributed by atoms with van der Waals surface area (Å²) < 4.78 is 1.24. The Morgan fingerprint density at radius 2 is 1.03 bits per heavy atom. The van der Waals surface area contributed by atoms with Crippen molar-refractivity contribution in [3.05, 3.63) is 33.4 Å². The molecule has 4 fully saturated rings. The third-order valence-electron chi connectivity index (χ3n) is 7.59. The highest BCUT2D eigenvalue weighted by Gasteiger charge is 2.68. The number of hydrogen-bond acceptors (Lipinski definition) is 6. The normalized spacial score (nSPS) is 35.1. The lowest BCUT2D eigenvalue weighted by Gasteiger charge is -2.71. The van der Waals surface area contributed by atoms with Gasteiger partial charge in [0.15, 0.2) is 15.3 Å². The molecule has 0 atom stereocenters. The van der Waals surface area contributed by atoms with Crippen molar-refractivity contribution in [1.82, 2.24) is 0 Å². The fourth-order valence-electron chi connectivity index (χ4n) is 7.62. The van der Waals surface area contributed by atoms with Crippen LogP contribution in [0.5, 0.6) is 0 Å². The number of carbonyl (C=O) groups is 3. The number of hydrogen-bond donors (Lipinski definition) is 0. The molecule has 4 bridgehead atoms. The van der Waals surface area contributed by atoms with Crippen molar-refractivity contribution in [3.8, 4) is 0 Å². The molecular formula is C25H31IO3S3. The average Bonchev–Trinajstić information content (AvgIpc) is 2.69. The molecule has 7 heteroatoms. The van der Waals surface area contributed by atoms with Gasteiger partial charge in [-0.15, -0.1) is 0 Å². The van der Waals surface area contributed by atoms with E-state index < -0.39 is 0 Å². The molecule has 4 saturated carbocycles. The van der Waals surface area contributed by atoms with E-state index in [1.807, 2.05) is 0 Å². The van der Waals surface area contributed by atoms with Gasteiger partial charge in [0.2, 0.25) is 0 Å². The first-order chi connectivity index (χ1) is 15.0. The topological polar surface area (TPSA) is 51.2 Å². The Bertz CT molecular complexity index is 837. The summed E-state index contributed by atoms with van der Waals surface area (Å²) in [6.07, 6.45) is 6.62. The van der Waals surface area contributed by atoms with Gasteiger partial charge in [-0.1, -0.05) is 47.4 Å². The van der Waals surface area contributed by atoms with Gasteiger partial charge in [0, 0.05) is 41.6 Å². The maximum atomic E-state index is 12.0. The highest BCUT2D eigenvalue weighted by molar-refractivity contribution is 14.1. The average molecular weight is 603 g/mol. The molecule has 0 aromatic heterocycles. The summed E-state index contributed by atoms with van der Waals surface area (Å²) in [7, 11) is 0. The fraction of sp³-hybridized carbons (Fsp3) is 0.640. The first-order valence-electron chi connectivity index (χ1n) is 11.2. The van der Waals surface area contributed by atoms with Gasteiger partial charge in [-0.05, 0) is 100 Å². The maximum absolute atomic E-state index is 12.0. The van der Waals surface area contributed by atoms with Crippen LogP contribution in [0.2, 0.25) is 0 Å². The minimum atomic E-state index is 0.0607. The quantitative estimate of drug-likeness (QED) is 0.324. The molecule has 5 rings (SSSR count). The Morgan fingerprint density at radius 1 is 0.688 bits per heavy atom. The highest BCUT2D eigenvalue weighted by Crippen LogP contribution is 2.75. The van der Waals surface area contributed by atoms with Gasteiger partial charge in [-0.25, -0.2) is 0 Å². The number of halogens is 1. The van der Waals surface area contributed by atoms with Crippen molar-refractivity contribution in [2.75, 3.05) is 17.3 Å². The Kier molecular flexibility index (Phi) is 7.24. The number of carbonyl (C=O) groups excluding carboxylic acids is 3. The molecule has 0 unspecified atom stereocenters. The molecule has 0 N–H and O–H groups in total. The second kappa shape index (κ2) is 9.23. The van der Waals surface area contributed by atoms with Crippen molar-refractivity contribution < 1.29 is 14.4 Å². The van der Waals surface area contributed by atoms with Crippen LogP contribution in [0.25, 0.3) is 0 Å². The van der Waals surface area contributed by atoms with Crippen LogP contribution in [0, 0.1) is 19.8 Å². The number of rotatable bonds is 7. The molecule has 0 heterocycles. The molecule has 0 spiro atoms. The predicted octanol–water partition coefficient (Wildman–Crippen LogP) is 6.71. The van der Waals surface area contributed by atoms with E-state index in [4.69, 9.17) is 0 Å². The molecule has 0 aliphatic heterocycles. The van der Waals surface area contributed by atoms with Crippen LogP contribution < -0.4 is 0 Å². The summed E-state index contributed by atoms with van der Waals surface area (Å²) in [6, 6.07) is 9.02. The van der Waals surface area contributed by atoms with Gasteiger partial charge < -0.3 is 0 Å². The number of benzene rings is 1.